The van der Waals surface area contributed by atoms with E-state index in [-0.39, 0.29) is 16.5 Å². The van der Waals surface area contributed by atoms with Gasteiger partial charge in [0.05, 0.1) is 0 Å². The van der Waals surface area contributed by atoms with Gasteiger partial charge in [-0.15, -0.1) is 13.2 Å². The Balaban J connectivity index is -0.000000218. The van der Waals surface area contributed by atoms with Gasteiger partial charge in [0.1, 0.15) is 0 Å². The Bertz CT molecular complexity index is 208. The summed E-state index contributed by atoms with van der Waals surface area (Å²) in [5.41, 5.74) is 0. The maximum absolute atomic E-state index is 3.60. The van der Waals surface area contributed by atoms with Crippen LogP contribution in [0.2, 0.25) is 0 Å². The van der Waals surface area contributed by atoms with Gasteiger partial charge in [0.2, 0.25) is 0 Å². The molecule has 0 nitrogen and oxygen atoms in total. The molecule has 0 saturated carbocycles. The van der Waals surface area contributed by atoms with E-state index >= 15 is 0 Å². The van der Waals surface area contributed by atoms with Gasteiger partial charge in [0, 0.05) is 16.5 Å². The standard InChI is InChI=1S/2C8H12.Ni/c2*1-3-5-7-8-6-4-2;/h2*3-5,7H,1-2,6,8H2;. The summed E-state index contributed by atoms with van der Waals surface area (Å²) in [7, 11) is 0. The monoisotopic (exact) mass is 274 g/mol. The van der Waals surface area contributed by atoms with Crippen LogP contribution in [0.1, 0.15) is 25.7 Å². The Labute approximate surface area is 117 Å². The molecule has 0 N–H and O–H groups in total. The molecule has 0 unspecified atom stereocenters. The van der Waals surface area contributed by atoms with Crippen LogP contribution in [0.15, 0.2) is 74.9 Å². The molecule has 0 fully saturated rings. The van der Waals surface area contributed by atoms with Crippen LogP contribution in [0, 0.1) is 0 Å². The number of hydrogen-bond donors (Lipinski definition) is 0. The van der Waals surface area contributed by atoms with Gasteiger partial charge in [-0.1, -0.05) is 61.8 Å². The van der Waals surface area contributed by atoms with Crippen molar-refractivity contribution in [3.63, 3.8) is 0 Å². The number of unbranched alkanes of at least 4 members (excludes halogenated alkanes) is 2. The normalized spacial score (nSPS) is 8.94. The fourth-order valence-corrected chi connectivity index (χ4v) is 0.813. The smallest absolute Gasteiger partial charge is 0 e. The summed E-state index contributed by atoms with van der Waals surface area (Å²) in [6.07, 6.45) is 19.7. The maximum Gasteiger partial charge on any atom is 0 e. The topological polar surface area (TPSA) is 0 Å². The van der Waals surface area contributed by atoms with E-state index in [1.165, 1.54) is 0 Å². The fourth-order valence-electron chi connectivity index (χ4n) is 0.813. The molecule has 0 spiro atoms. The first kappa shape index (κ1) is 21.2. The maximum atomic E-state index is 3.60. The summed E-state index contributed by atoms with van der Waals surface area (Å²) >= 11 is 0. The Hall–Kier alpha value is -1.07. The van der Waals surface area contributed by atoms with Crippen molar-refractivity contribution in [2.45, 2.75) is 25.7 Å². The molecule has 1 heteroatoms. The third-order valence-corrected chi connectivity index (χ3v) is 1.62. The zero-order valence-electron chi connectivity index (χ0n) is 10.6. The Morgan fingerprint density at radius 2 is 0.941 bits per heavy atom. The van der Waals surface area contributed by atoms with Gasteiger partial charge in [0.25, 0.3) is 0 Å². The van der Waals surface area contributed by atoms with Crippen molar-refractivity contribution in [3.05, 3.63) is 74.9 Å². The molecule has 98 valence electrons. The predicted molar refractivity (Wildman–Crippen MR) is 77.5 cm³/mol. The summed E-state index contributed by atoms with van der Waals surface area (Å²) in [5, 5.41) is 0. The average Bonchev–Trinajstić information content (AvgIpc) is 2.31. The molecule has 0 saturated heterocycles. The van der Waals surface area contributed by atoms with Crippen molar-refractivity contribution >= 4 is 0 Å². The van der Waals surface area contributed by atoms with Crippen molar-refractivity contribution in [1.82, 2.24) is 0 Å². The SMILES string of the molecule is C=CC=CCCC=C.C=CC=CCCC=C.[Ni]. The summed E-state index contributed by atoms with van der Waals surface area (Å²) in [6, 6.07) is 0. The van der Waals surface area contributed by atoms with E-state index in [2.05, 4.69) is 38.5 Å². The second-order valence-electron chi connectivity index (χ2n) is 3.06. The van der Waals surface area contributed by atoms with E-state index in [0.717, 1.165) is 25.7 Å². The quantitative estimate of drug-likeness (QED) is 0.241. The molecule has 0 aliphatic rings. The van der Waals surface area contributed by atoms with Gasteiger partial charge in [0.15, 0.2) is 0 Å². The van der Waals surface area contributed by atoms with Gasteiger partial charge in [-0.3, -0.25) is 0 Å². The Morgan fingerprint density at radius 3 is 1.18 bits per heavy atom. The van der Waals surface area contributed by atoms with Crippen LogP contribution in [-0.4, -0.2) is 0 Å². The average molecular weight is 275 g/mol. The minimum atomic E-state index is 0. The molecule has 0 heterocycles. The third-order valence-electron chi connectivity index (χ3n) is 1.62. The van der Waals surface area contributed by atoms with Crippen molar-refractivity contribution in [2.24, 2.45) is 0 Å². The van der Waals surface area contributed by atoms with Gasteiger partial charge in [-0.05, 0) is 25.7 Å². The first-order valence-electron chi connectivity index (χ1n) is 5.60. The second kappa shape index (κ2) is 24.3. The van der Waals surface area contributed by atoms with E-state index < -0.39 is 0 Å². The zero-order valence-corrected chi connectivity index (χ0v) is 11.6. The molecule has 0 aromatic rings. The minimum absolute atomic E-state index is 0. The second-order valence-corrected chi connectivity index (χ2v) is 3.06. The van der Waals surface area contributed by atoms with Crippen LogP contribution in [-0.2, 0) is 16.5 Å². The molecular weight excluding hydrogens is 251 g/mol. The molecule has 0 bridgehead atoms. The largest absolute Gasteiger partial charge is 0.103 e. The minimum Gasteiger partial charge on any atom is -0.103 e. The molecule has 0 aliphatic heterocycles. The summed E-state index contributed by atoms with van der Waals surface area (Å²) < 4.78 is 0. The fraction of sp³-hybridized carbons (Fsp3) is 0.250. The zero-order chi connectivity index (χ0) is 12.5. The van der Waals surface area contributed by atoms with Crippen molar-refractivity contribution < 1.29 is 16.5 Å². The Kier molecular flexibility index (Phi) is 30.3. The molecule has 0 radical (unpaired) electrons. The molecular formula is C16H24Ni. The van der Waals surface area contributed by atoms with Crippen LogP contribution < -0.4 is 0 Å². The van der Waals surface area contributed by atoms with E-state index in [9.17, 15) is 0 Å². The molecule has 0 aromatic carbocycles. The van der Waals surface area contributed by atoms with Crippen molar-refractivity contribution in [2.75, 3.05) is 0 Å². The molecule has 0 amide bonds. The predicted octanol–water partition coefficient (Wildman–Crippen LogP) is 5.39. The van der Waals surface area contributed by atoms with Crippen LogP contribution in [0.5, 0.6) is 0 Å². The number of allylic oxidation sites excluding steroid dienone is 8. The van der Waals surface area contributed by atoms with Crippen molar-refractivity contribution in [3.8, 4) is 0 Å². The van der Waals surface area contributed by atoms with Crippen LogP contribution in [0.4, 0.5) is 0 Å². The number of rotatable bonds is 8. The van der Waals surface area contributed by atoms with Crippen LogP contribution in [0.25, 0.3) is 0 Å². The van der Waals surface area contributed by atoms with Gasteiger partial charge < -0.3 is 0 Å². The van der Waals surface area contributed by atoms with E-state index in [0.29, 0.717) is 0 Å². The molecule has 0 rings (SSSR count). The Morgan fingerprint density at radius 1 is 0.588 bits per heavy atom. The first-order valence-corrected chi connectivity index (χ1v) is 5.60. The van der Waals surface area contributed by atoms with E-state index in [1.54, 1.807) is 12.2 Å². The summed E-state index contributed by atoms with van der Waals surface area (Å²) in [5.74, 6) is 0. The van der Waals surface area contributed by atoms with Gasteiger partial charge in [-0.2, -0.15) is 0 Å². The number of hydrogen-bond acceptors (Lipinski definition) is 0. The first-order chi connectivity index (χ1) is 7.83. The molecule has 0 aromatic heterocycles. The van der Waals surface area contributed by atoms with Crippen LogP contribution in [0.3, 0.4) is 0 Å². The third kappa shape index (κ3) is 31.3. The van der Waals surface area contributed by atoms with Crippen molar-refractivity contribution in [1.29, 1.82) is 0 Å². The van der Waals surface area contributed by atoms with Crippen LogP contribution >= 0.6 is 0 Å². The molecule has 0 atom stereocenters. The molecule has 0 aliphatic carbocycles. The molecule has 17 heavy (non-hydrogen) atoms. The van der Waals surface area contributed by atoms with Gasteiger partial charge in [-0.25, -0.2) is 0 Å². The van der Waals surface area contributed by atoms with E-state index in [4.69, 9.17) is 0 Å². The summed E-state index contributed by atoms with van der Waals surface area (Å²) in [6.45, 7) is 14.3. The van der Waals surface area contributed by atoms with E-state index in [1.807, 2.05) is 24.3 Å². The van der Waals surface area contributed by atoms with Gasteiger partial charge >= 0.3 is 0 Å². The summed E-state index contributed by atoms with van der Waals surface area (Å²) in [4.78, 5) is 0.